The van der Waals surface area contributed by atoms with Gasteiger partial charge in [-0.1, -0.05) is 0 Å². The van der Waals surface area contributed by atoms with E-state index in [4.69, 9.17) is 0 Å². The summed E-state index contributed by atoms with van der Waals surface area (Å²) in [4.78, 5) is 27.4. The van der Waals surface area contributed by atoms with Crippen molar-refractivity contribution < 1.29 is 14.2 Å². The summed E-state index contributed by atoms with van der Waals surface area (Å²) >= 11 is 0. The van der Waals surface area contributed by atoms with Crippen molar-refractivity contribution in [3.8, 4) is 0 Å². The first-order chi connectivity index (χ1) is 11.0. The number of carbonyl (C=O) groups is 2. The van der Waals surface area contributed by atoms with E-state index in [1.165, 1.54) is 30.9 Å². The molecule has 0 aromatic carbocycles. The van der Waals surface area contributed by atoms with Gasteiger partial charge in [-0.15, -0.1) is 0 Å². The van der Waals surface area contributed by atoms with Crippen molar-refractivity contribution in [2.75, 3.05) is 0 Å². The van der Waals surface area contributed by atoms with Gasteiger partial charge in [0.25, 0.3) is 0 Å². The Balaban J connectivity index is 1.85. The van der Waals surface area contributed by atoms with Crippen molar-refractivity contribution in [3.63, 3.8) is 0 Å². The minimum absolute atomic E-state index is 0.00302. The van der Waals surface area contributed by atoms with Crippen molar-refractivity contribution in [2.24, 2.45) is 0 Å². The second-order valence-electron chi connectivity index (χ2n) is 6.48. The van der Waals surface area contributed by atoms with Gasteiger partial charge in [-0.2, -0.15) is 4.57 Å². The number of H-pyrrole nitrogens is 1. The molecule has 0 bridgehead atoms. The maximum absolute atomic E-state index is 12.6. The van der Waals surface area contributed by atoms with Crippen LogP contribution in [0.4, 0.5) is 0 Å². The third-order valence-electron chi connectivity index (χ3n) is 4.74. The number of aromatic amines is 1. The van der Waals surface area contributed by atoms with Gasteiger partial charge >= 0.3 is 0 Å². The molecule has 0 spiro atoms. The van der Waals surface area contributed by atoms with Crippen LogP contribution in [0.2, 0.25) is 0 Å². The van der Waals surface area contributed by atoms with E-state index in [-0.39, 0.29) is 11.6 Å². The van der Waals surface area contributed by atoms with E-state index >= 15 is 0 Å². The monoisotopic (exact) mass is 311 g/mol. The molecule has 4 nitrogen and oxygen atoms in total. The maximum atomic E-state index is 12.6. The molecule has 2 heterocycles. The van der Waals surface area contributed by atoms with Crippen LogP contribution in [0.15, 0.2) is 18.5 Å². The number of ketones is 2. The van der Waals surface area contributed by atoms with Crippen LogP contribution in [0.5, 0.6) is 0 Å². The number of nitrogens with zero attached hydrogens (tertiary/aromatic N) is 1. The van der Waals surface area contributed by atoms with E-state index in [9.17, 15) is 9.59 Å². The fraction of sp³-hybridized carbons (Fsp3) is 0.421. The fourth-order valence-electron chi connectivity index (χ4n) is 3.62. The molecule has 4 heteroatoms. The second-order valence-corrected chi connectivity index (χ2v) is 6.48. The van der Waals surface area contributed by atoms with Crippen molar-refractivity contribution in [1.29, 1.82) is 0 Å². The SMILES string of the molecule is CC(=O)c1c(C)[nH]c(C(=O)C[n+]2ccc3c(c2)CCCC3)c1C. The molecular weight excluding hydrogens is 288 g/mol. The molecule has 3 rings (SSSR count). The van der Waals surface area contributed by atoms with Crippen LogP contribution in [-0.2, 0) is 19.4 Å². The highest BCUT2D eigenvalue weighted by Crippen LogP contribution is 2.20. The molecule has 0 saturated heterocycles. The summed E-state index contributed by atoms with van der Waals surface area (Å²) in [6, 6.07) is 2.13. The summed E-state index contributed by atoms with van der Waals surface area (Å²) in [5, 5.41) is 0. The van der Waals surface area contributed by atoms with Crippen LogP contribution in [0.3, 0.4) is 0 Å². The van der Waals surface area contributed by atoms with E-state index in [1.54, 1.807) is 0 Å². The normalized spacial score (nSPS) is 13.7. The molecule has 0 amide bonds. The zero-order valence-electron chi connectivity index (χ0n) is 14.0. The Kier molecular flexibility index (Phi) is 4.16. The molecule has 0 atom stereocenters. The molecule has 1 N–H and O–H groups in total. The molecular formula is C19H23N2O2+. The number of pyridine rings is 1. The van der Waals surface area contributed by atoms with Gasteiger partial charge in [0.05, 0.1) is 5.69 Å². The molecule has 1 aliphatic rings. The number of rotatable bonds is 4. The van der Waals surface area contributed by atoms with Gasteiger partial charge in [-0.25, -0.2) is 0 Å². The average molecular weight is 311 g/mol. The van der Waals surface area contributed by atoms with Crippen molar-refractivity contribution in [1.82, 2.24) is 4.98 Å². The Morgan fingerprint density at radius 1 is 1.17 bits per heavy atom. The Morgan fingerprint density at radius 3 is 2.52 bits per heavy atom. The molecule has 120 valence electrons. The Morgan fingerprint density at radius 2 is 1.87 bits per heavy atom. The predicted molar refractivity (Wildman–Crippen MR) is 87.9 cm³/mol. The van der Waals surface area contributed by atoms with Crippen LogP contribution in [-0.4, -0.2) is 16.6 Å². The van der Waals surface area contributed by atoms with Crippen LogP contribution in [0.1, 0.15) is 63.0 Å². The van der Waals surface area contributed by atoms with Gasteiger partial charge in [-0.3, -0.25) is 9.59 Å². The Hall–Kier alpha value is -2.23. The van der Waals surface area contributed by atoms with Crippen molar-refractivity contribution >= 4 is 11.6 Å². The van der Waals surface area contributed by atoms with Gasteiger partial charge in [0.15, 0.2) is 18.2 Å². The summed E-state index contributed by atoms with van der Waals surface area (Å²) in [6.45, 7) is 5.51. The van der Waals surface area contributed by atoms with E-state index in [2.05, 4.69) is 17.2 Å². The molecule has 0 unspecified atom stereocenters. The molecule has 0 saturated carbocycles. The standard InChI is InChI=1S/C19H22N2O2/c1-12-18(14(3)22)13(2)20-19(12)17(23)11-21-9-8-15-6-4-5-7-16(15)10-21/h8-10H,4-7,11H2,1-3H3/p+1. The van der Waals surface area contributed by atoms with E-state index in [0.29, 0.717) is 17.8 Å². The van der Waals surface area contributed by atoms with Gasteiger partial charge in [0, 0.05) is 22.9 Å². The zero-order valence-corrected chi connectivity index (χ0v) is 14.0. The van der Waals surface area contributed by atoms with E-state index in [1.807, 2.05) is 24.6 Å². The average Bonchev–Trinajstić information content (AvgIpc) is 2.82. The van der Waals surface area contributed by atoms with Gasteiger partial charge in [0.1, 0.15) is 0 Å². The molecule has 2 aromatic rings. The number of hydrogen-bond acceptors (Lipinski definition) is 2. The topological polar surface area (TPSA) is 53.8 Å². The van der Waals surface area contributed by atoms with Crippen molar-refractivity contribution in [3.05, 3.63) is 52.1 Å². The third kappa shape index (κ3) is 2.98. The maximum Gasteiger partial charge on any atom is 0.243 e. The van der Waals surface area contributed by atoms with E-state index < -0.39 is 0 Å². The number of Topliss-reactive ketones (excluding diaryl/α,β-unsaturated/α-hetero) is 2. The summed E-state index contributed by atoms with van der Waals surface area (Å²) in [6.07, 6.45) is 8.80. The van der Waals surface area contributed by atoms with Gasteiger partial charge < -0.3 is 4.98 Å². The summed E-state index contributed by atoms with van der Waals surface area (Å²) in [5.41, 5.74) is 5.50. The minimum Gasteiger partial charge on any atom is -0.355 e. The van der Waals surface area contributed by atoms with Gasteiger partial charge in [0.2, 0.25) is 12.3 Å². The lowest BCUT2D eigenvalue weighted by atomic mass is 9.93. The molecule has 0 aliphatic heterocycles. The summed E-state index contributed by atoms with van der Waals surface area (Å²) < 4.78 is 1.95. The van der Waals surface area contributed by atoms with Crippen LogP contribution in [0.25, 0.3) is 0 Å². The number of hydrogen-bond donors (Lipinski definition) is 1. The lowest BCUT2D eigenvalue weighted by Gasteiger charge is -2.13. The number of carbonyl (C=O) groups excluding carboxylic acids is 2. The van der Waals surface area contributed by atoms with Crippen molar-refractivity contribution in [2.45, 2.75) is 53.0 Å². The fourth-order valence-corrected chi connectivity index (χ4v) is 3.62. The first-order valence-corrected chi connectivity index (χ1v) is 8.21. The number of nitrogens with one attached hydrogen (secondary N) is 1. The minimum atomic E-state index is -0.00302. The number of aromatic nitrogens is 2. The predicted octanol–water partition coefficient (Wildman–Crippen LogP) is 2.88. The summed E-state index contributed by atoms with van der Waals surface area (Å²) in [7, 11) is 0. The summed E-state index contributed by atoms with van der Waals surface area (Å²) in [5.74, 6) is 0.00981. The second kappa shape index (κ2) is 6.11. The van der Waals surface area contributed by atoms with E-state index in [0.717, 1.165) is 24.1 Å². The molecule has 0 fully saturated rings. The van der Waals surface area contributed by atoms with Crippen LogP contribution < -0.4 is 4.57 Å². The zero-order chi connectivity index (χ0) is 16.6. The molecule has 23 heavy (non-hydrogen) atoms. The molecule has 2 aromatic heterocycles. The quantitative estimate of drug-likeness (QED) is 0.697. The smallest absolute Gasteiger partial charge is 0.243 e. The Labute approximate surface area is 136 Å². The largest absolute Gasteiger partial charge is 0.355 e. The lowest BCUT2D eigenvalue weighted by Crippen LogP contribution is -2.38. The van der Waals surface area contributed by atoms with Gasteiger partial charge in [-0.05, 0) is 57.6 Å². The molecule has 1 aliphatic carbocycles. The van der Waals surface area contributed by atoms with Crippen LogP contribution in [0, 0.1) is 13.8 Å². The Bertz CT molecular complexity index is 787. The lowest BCUT2D eigenvalue weighted by molar-refractivity contribution is -0.683. The first kappa shape index (κ1) is 15.7. The first-order valence-electron chi connectivity index (χ1n) is 8.21. The highest BCUT2D eigenvalue weighted by atomic mass is 16.1. The number of fused-ring (bicyclic) bond motifs is 1. The van der Waals surface area contributed by atoms with Crippen LogP contribution >= 0.6 is 0 Å². The molecule has 0 radical (unpaired) electrons. The number of aryl methyl sites for hydroxylation is 3. The highest BCUT2D eigenvalue weighted by Gasteiger charge is 2.23. The highest BCUT2D eigenvalue weighted by molar-refractivity contribution is 6.02. The third-order valence-corrected chi connectivity index (χ3v) is 4.74.